The molecule has 1 aromatic carbocycles. The van der Waals surface area contributed by atoms with Gasteiger partial charge in [0.2, 0.25) is 5.91 Å². The summed E-state index contributed by atoms with van der Waals surface area (Å²) < 4.78 is 0. The number of aliphatic carboxylic acids is 1. The molecule has 1 aliphatic carbocycles. The van der Waals surface area contributed by atoms with E-state index in [0.717, 1.165) is 18.4 Å². The Morgan fingerprint density at radius 2 is 1.89 bits per heavy atom. The highest BCUT2D eigenvalue weighted by molar-refractivity contribution is 5.95. The van der Waals surface area contributed by atoms with E-state index in [9.17, 15) is 14.7 Å². The maximum Gasteiger partial charge on any atom is 0.228 e. The third-order valence-corrected chi connectivity index (χ3v) is 3.69. The third kappa shape index (κ3) is 3.34. The van der Waals surface area contributed by atoms with Crippen molar-refractivity contribution >= 4 is 17.6 Å². The molecule has 4 heteroatoms. The molecule has 0 heterocycles. The molecule has 0 bridgehead atoms. The predicted molar refractivity (Wildman–Crippen MR) is 70.3 cm³/mol. The van der Waals surface area contributed by atoms with E-state index in [1.165, 1.54) is 0 Å². The Morgan fingerprint density at radius 3 is 2.53 bits per heavy atom. The molecule has 0 radical (unpaired) electrons. The van der Waals surface area contributed by atoms with Crippen LogP contribution in [0.2, 0.25) is 0 Å². The first-order valence-electron chi connectivity index (χ1n) is 6.66. The van der Waals surface area contributed by atoms with Crippen molar-refractivity contribution in [1.29, 1.82) is 0 Å². The molecule has 0 aromatic heterocycles. The molecule has 1 aliphatic rings. The number of hydrogen-bond donors (Lipinski definition) is 1. The van der Waals surface area contributed by atoms with Crippen LogP contribution in [0.3, 0.4) is 0 Å². The number of rotatable bonds is 3. The van der Waals surface area contributed by atoms with E-state index in [2.05, 4.69) is 5.32 Å². The zero-order chi connectivity index (χ0) is 13.8. The summed E-state index contributed by atoms with van der Waals surface area (Å²) in [6, 6.07) is 7.48. The molecule has 0 spiro atoms. The summed E-state index contributed by atoms with van der Waals surface area (Å²) in [5.74, 6) is -2.44. The monoisotopic (exact) mass is 260 g/mol. The van der Waals surface area contributed by atoms with E-state index in [0.29, 0.717) is 18.5 Å². The van der Waals surface area contributed by atoms with Gasteiger partial charge < -0.3 is 15.2 Å². The van der Waals surface area contributed by atoms with Gasteiger partial charge in [0.1, 0.15) is 0 Å². The number of benzene rings is 1. The maximum absolute atomic E-state index is 12.2. The quantitative estimate of drug-likeness (QED) is 0.895. The number of carboxylic acid groups (broad SMARTS) is 1. The summed E-state index contributed by atoms with van der Waals surface area (Å²) in [5.41, 5.74) is 1.77. The zero-order valence-corrected chi connectivity index (χ0v) is 11.0. The maximum atomic E-state index is 12.2. The van der Waals surface area contributed by atoms with Crippen molar-refractivity contribution in [2.24, 2.45) is 11.8 Å². The number of carbonyl (C=O) groups is 2. The van der Waals surface area contributed by atoms with Crippen molar-refractivity contribution < 1.29 is 14.7 Å². The average molecular weight is 260 g/mol. The number of carbonyl (C=O) groups excluding carboxylic acids is 2. The molecule has 4 nitrogen and oxygen atoms in total. The summed E-state index contributed by atoms with van der Waals surface area (Å²) in [6.45, 7) is 1.94. The van der Waals surface area contributed by atoms with E-state index in [1.807, 2.05) is 31.2 Å². The summed E-state index contributed by atoms with van der Waals surface area (Å²) in [6.07, 6.45) is 2.91. The minimum Gasteiger partial charge on any atom is -0.550 e. The third-order valence-electron chi connectivity index (χ3n) is 3.69. The van der Waals surface area contributed by atoms with Crippen LogP contribution in [0.25, 0.3) is 0 Å². The van der Waals surface area contributed by atoms with Gasteiger partial charge in [-0.15, -0.1) is 0 Å². The molecule has 0 unspecified atom stereocenters. The van der Waals surface area contributed by atoms with E-state index in [1.54, 1.807) is 0 Å². The van der Waals surface area contributed by atoms with Gasteiger partial charge >= 0.3 is 0 Å². The molecule has 102 valence electrons. The van der Waals surface area contributed by atoms with Gasteiger partial charge in [0.15, 0.2) is 0 Å². The lowest BCUT2D eigenvalue weighted by molar-refractivity contribution is -0.313. The highest BCUT2D eigenvalue weighted by Gasteiger charge is 2.31. The van der Waals surface area contributed by atoms with Gasteiger partial charge in [-0.25, -0.2) is 0 Å². The van der Waals surface area contributed by atoms with Crippen molar-refractivity contribution in [3.63, 3.8) is 0 Å². The smallest absolute Gasteiger partial charge is 0.228 e. The molecule has 19 heavy (non-hydrogen) atoms. The predicted octanol–water partition coefficient (Wildman–Crippen LogP) is 1.49. The van der Waals surface area contributed by atoms with Gasteiger partial charge in [-0.2, -0.15) is 0 Å². The second-order valence-corrected chi connectivity index (χ2v) is 5.18. The number of nitrogens with one attached hydrogen (secondary N) is 1. The van der Waals surface area contributed by atoms with Crippen molar-refractivity contribution in [3.05, 3.63) is 29.8 Å². The Morgan fingerprint density at radius 1 is 1.21 bits per heavy atom. The molecule has 1 aromatic rings. The highest BCUT2D eigenvalue weighted by atomic mass is 16.4. The molecule has 1 amide bonds. The van der Waals surface area contributed by atoms with Gasteiger partial charge in [0, 0.05) is 23.5 Å². The second-order valence-electron chi connectivity index (χ2n) is 5.18. The van der Waals surface area contributed by atoms with Crippen LogP contribution in [0.15, 0.2) is 24.3 Å². The van der Waals surface area contributed by atoms with Crippen LogP contribution in [0.5, 0.6) is 0 Å². The first kappa shape index (κ1) is 13.6. The minimum atomic E-state index is -1.11. The lowest BCUT2D eigenvalue weighted by Gasteiger charge is -2.31. The number of carboxylic acids is 1. The summed E-state index contributed by atoms with van der Waals surface area (Å²) in [5, 5.41) is 13.9. The van der Waals surface area contributed by atoms with E-state index in [4.69, 9.17) is 0 Å². The second kappa shape index (κ2) is 5.87. The van der Waals surface area contributed by atoms with Crippen LogP contribution < -0.4 is 10.4 Å². The largest absolute Gasteiger partial charge is 0.550 e. The molecule has 2 atom stereocenters. The van der Waals surface area contributed by atoms with Crippen molar-refractivity contribution in [2.75, 3.05) is 5.32 Å². The molecule has 0 saturated heterocycles. The fourth-order valence-corrected chi connectivity index (χ4v) is 2.68. The first-order chi connectivity index (χ1) is 9.08. The topological polar surface area (TPSA) is 69.2 Å². The first-order valence-corrected chi connectivity index (χ1v) is 6.66. The van der Waals surface area contributed by atoms with Crippen molar-refractivity contribution in [2.45, 2.75) is 32.6 Å². The summed E-state index contributed by atoms with van der Waals surface area (Å²) >= 11 is 0. The van der Waals surface area contributed by atoms with Crippen LogP contribution in [0.1, 0.15) is 31.2 Å². The van der Waals surface area contributed by atoms with Gasteiger partial charge in [-0.3, -0.25) is 4.79 Å². The Balaban J connectivity index is 2.07. The molecule has 0 aliphatic heterocycles. The van der Waals surface area contributed by atoms with Crippen LogP contribution in [-0.4, -0.2) is 11.9 Å². The molecule has 2 rings (SSSR count). The van der Waals surface area contributed by atoms with Gasteiger partial charge in [0.05, 0.1) is 0 Å². The average Bonchev–Trinajstić information content (AvgIpc) is 2.38. The Bertz CT molecular complexity index is 484. The highest BCUT2D eigenvalue weighted by Crippen LogP contribution is 2.30. The van der Waals surface area contributed by atoms with Crippen LogP contribution in [0.4, 0.5) is 5.69 Å². The number of aryl methyl sites for hydroxylation is 1. The van der Waals surface area contributed by atoms with Gasteiger partial charge in [0.25, 0.3) is 0 Å². The standard InChI is InChI=1S/C15H19NO3/c1-10-5-4-6-11(9-10)16-14(17)12-7-2-3-8-13(12)15(18)19/h4-6,9,12-13H,2-3,7-8H2,1H3,(H,16,17)(H,18,19)/p-1/t12-,13+/m0/s1. The van der Waals surface area contributed by atoms with E-state index in [-0.39, 0.29) is 5.91 Å². The Hall–Kier alpha value is -1.84. The van der Waals surface area contributed by atoms with Crippen LogP contribution in [0, 0.1) is 18.8 Å². The van der Waals surface area contributed by atoms with Crippen molar-refractivity contribution in [1.82, 2.24) is 0 Å². The number of amides is 1. The summed E-state index contributed by atoms with van der Waals surface area (Å²) in [7, 11) is 0. The lowest BCUT2D eigenvalue weighted by atomic mass is 9.78. The lowest BCUT2D eigenvalue weighted by Crippen LogP contribution is -2.42. The van der Waals surface area contributed by atoms with Gasteiger partial charge in [-0.1, -0.05) is 25.0 Å². The van der Waals surface area contributed by atoms with Gasteiger partial charge in [-0.05, 0) is 37.5 Å². The van der Waals surface area contributed by atoms with E-state index < -0.39 is 17.8 Å². The number of hydrogen-bond acceptors (Lipinski definition) is 3. The molecule has 1 N–H and O–H groups in total. The molecular weight excluding hydrogens is 242 g/mol. The minimum absolute atomic E-state index is 0.209. The number of anilines is 1. The SMILES string of the molecule is Cc1cccc(NC(=O)[C@H]2CCCC[C@H]2C(=O)[O-])c1. The van der Waals surface area contributed by atoms with Crippen LogP contribution in [-0.2, 0) is 9.59 Å². The zero-order valence-electron chi connectivity index (χ0n) is 11.0. The van der Waals surface area contributed by atoms with Crippen LogP contribution >= 0.6 is 0 Å². The fourth-order valence-electron chi connectivity index (χ4n) is 2.68. The fraction of sp³-hybridized carbons (Fsp3) is 0.467. The van der Waals surface area contributed by atoms with E-state index >= 15 is 0 Å². The molecular formula is C15H18NO3-. The molecule has 1 fully saturated rings. The van der Waals surface area contributed by atoms with Crippen molar-refractivity contribution in [3.8, 4) is 0 Å². The molecule has 1 saturated carbocycles. The Kier molecular flexibility index (Phi) is 4.20. The Labute approximate surface area is 112 Å². The summed E-state index contributed by atoms with van der Waals surface area (Å²) in [4.78, 5) is 23.3. The normalized spacial score (nSPS) is 22.8.